The van der Waals surface area contributed by atoms with E-state index in [1.165, 1.54) is 0 Å². The number of benzene rings is 1. The van der Waals surface area contributed by atoms with Crippen molar-refractivity contribution in [3.05, 3.63) is 40.8 Å². The third-order valence-corrected chi connectivity index (χ3v) is 3.78. The normalized spacial score (nSPS) is 12.3. The summed E-state index contributed by atoms with van der Waals surface area (Å²) in [4.78, 5) is 12.9. The molecular weight excluding hydrogens is 284 g/mol. The standard InChI is InChI=1S/C16H20N2O2S/c1-3-8-20-13-4-5-14-12(9-13)6-7-18(16(14)19)10-11(2)15(17)21/h4-7,9,11H,3,8,10H2,1-2H3,(H2,17,21). The zero-order chi connectivity index (χ0) is 15.4. The Labute approximate surface area is 129 Å². The highest BCUT2D eigenvalue weighted by atomic mass is 32.1. The lowest BCUT2D eigenvalue weighted by Gasteiger charge is -2.13. The maximum atomic E-state index is 12.4. The second-order valence-electron chi connectivity index (χ2n) is 5.17. The third-order valence-electron chi connectivity index (χ3n) is 3.38. The molecule has 0 saturated heterocycles. The van der Waals surface area contributed by atoms with Crippen molar-refractivity contribution in [2.75, 3.05) is 6.61 Å². The predicted molar refractivity (Wildman–Crippen MR) is 89.9 cm³/mol. The highest BCUT2D eigenvalue weighted by Gasteiger charge is 2.09. The Morgan fingerprint density at radius 2 is 2.19 bits per heavy atom. The molecule has 0 amide bonds. The Kier molecular flexibility index (Phi) is 4.96. The molecule has 2 aromatic rings. The molecule has 112 valence electrons. The number of nitrogens with zero attached hydrogens (tertiary/aromatic N) is 1. The molecule has 0 spiro atoms. The van der Waals surface area contributed by atoms with E-state index in [0.29, 0.717) is 23.5 Å². The summed E-state index contributed by atoms with van der Waals surface area (Å²) in [5.41, 5.74) is 5.58. The average molecular weight is 304 g/mol. The fourth-order valence-corrected chi connectivity index (χ4v) is 2.18. The lowest BCUT2D eigenvalue weighted by atomic mass is 10.1. The van der Waals surface area contributed by atoms with Gasteiger partial charge in [0.25, 0.3) is 5.56 Å². The Balaban J connectivity index is 2.34. The number of fused-ring (bicyclic) bond motifs is 1. The van der Waals surface area contributed by atoms with Crippen LogP contribution in [0.2, 0.25) is 0 Å². The summed E-state index contributed by atoms with van der Waals surface area (Å²) in [5.74, 6) is 0.778. The molecule has 1 aromatic heterocycles. The summed E-state index contributed by atoms with van der Waals surface area (Å²) in [7, 11) is 0. The van der Waals surface area contributed by atoms with Crippen molar-refractivity contribution < 1.29 is 4.74 Å². The number of nitrogens with two attached hydrogens (primary N) is 1. The van der Waals surface area contributed by atoms with Gasteiger partial charge in [-0.1, -0.05) is 26.1 Å². The molecule has 4 nitrogen and oxygen atoms in total. The zero-order valence-corrected chi connectivity index (χ0v) is 13.2. The first kappa shape index (κ1) is 15.5. The van der Waals surface area contributed by atoms with E-state index in [-0.39, 0.29) is 11.5 Å². The van der Waals surface area contributed by atoms with Crippen molar-refractivity contribution in [3.63, 3.8) is 0 Å². The van der Waals surface area contributed by atoms with Crippen molar-refractivity contribution >= 4 is 28.0 Å². The Morgan fingerprint density at radius 3 is 2.86 bits per heavy atom. The minimum atomic E-state index is -0.0300. The fourth-order valence-electron chi connectivity index (χ4n) is 2.10. The lowest BCUT2D eigenvalue weighted by Crippen LogP contribution is -2.28. The number of aromatic nitrogens is 1. The maximum Gasteiger partial charge on any atom is 0.258 e. The molecular formula is C16H20N2O2S. The van der Waals surface area contributed by atoms with Gasteiger partial charge >= 0.3 is 0 Å². The molecule has 0 fully saturated rings. The van der Waals surface area contributed by atoms with Gasteiger partial charge in [0.2, 0.25) is 0 Å². The topological polar surface area (TPSA) is 57.2 Å². The summed E-state index contributed by atoms with van der Waals surface area (Å²) in [5, 5.41) is 1.56. The number of hydrogen-bond donors (Lipinski definition) is 1. The molecule has 0 bridgehead atoms. The highest BCUT2D eigenvalue weighted by molar-refractivity contribution is 7.80. The minimum absolute atomic E-state index is 0.0117. The monoisotopic (exact) mass is 304 g/mol. The molecule has 0 radical (unpaired) electrons. The molecule has 21 heavy (non-hydrogen) atoms. The predicted octanol–water partition coefficient (Wildman–Crippen LogP) is 2.71. The van der Waals surface area contributed by atoms with Crippen LogP contribution in [0.1, 0.15) is 20.3 Å². The van der Waals surface area contributed by atoms with Crippen molar-refractivity contribution in [3.8, 4) is 5.75 Å². The lowest BCUT2D eigenvalue weighted by molar-refractivity contribution is 0.318. The van der Waals surface area contributed by atoms with Crippen LogP contribution in [-0.2, 0) is 6.54 Å². The molecule has 1 unspecified atom stereocenters. The van der Waals surface area contributed by atoms with E-state index in [0.717, 1.165) is 17.6 Å². The number of ether oxygens (including phenoxy) is 1. The number of pyridine rings is 1. The molecule has 0 saturated carbocycles. The number of hydrogen-bond acceptors (Lipinski definition) is 3. The summed E-state index contributed by atoms with van der Waals surface area (Å²) in [6.45, 7) is 5.15. The van der Waals surface area contributed by atoms with Crippen molar-refractivity contribution in [1.29, 1.82) is 0 Å². The molecule has 0 aliphatic rings. The van der Waals surface area contributed by atoms with E-state index in [4.69, 9.17) is 22.7 Å². The second kappa shape index (κ2) is 6.72. The van der Waals surface area contributed by atoms with Gasteiger partial charge in [-0.15, -0.1) is 0 Å². The Hall–Kier alpha value is -1.88. The smallest absolute Gasteiger partial charge is 0.258 e. The van der Waals surface area contributed by atoms with Gasteiger partial charge in [-0.25, -0.2) is 0 Å². The summed E-state index contributed by atoms with van der Waals surface area (Å²) >= 11 is 4.96. The van der Waals surface area contributed by atoms with Gasteiger partial charge in [0.1, 0.15) is 5.75 Å². The highest BCUT2D eigenvalue weighted by Crippen LogP contribution is 2.18. The van der Waals surface area contributed by atoms with Gasteiger partial charge < -0.3 is 15.0 Å². The van der Waals surface area contributed by atoms with E-state index in [1.54, 1.807) is 10.8 Å². The summed E-state index contributed by atoms with van der Waals surface area (Å²) < 4.78 is 7.24. The summed E-state index contributed by atoms with van der Waals surface area (Å²) in [6, 6.07) is 7.46. The van der Waals surface area contributed by atoms with Crippen LogP contribution in [0.3, 0.4) is 0 Å². The van der Waals surface area contributed by atoms with Crippen LogP contribution in [-0.4, -0.2) is 16.2 Å². The molecule has 1 heterocycles. The molecule has 2 N–H and O–H groups in total. The van der Waals surface area contributed by atoms with E-state index in [2.05, 4.69) is 6.92 Å². The van der Waals surface area contributed by atoms with E-state index in [9.17, 15) is 4.79 Å². The van der Waals surface area contributed by atoms with Crippen LogP contribution in [0.5, 0.6) is 5.75 Å². The maximum absolute atomic E-state index is 12.4. The van der Waals surface area contributed by atoms with Crippen LogP contribution >= 0.6 is 12.2 Å². The van der Waals surface area contributed by atoms with Gasteiger partial charge in [-0.2, -0.15) is 0 Å². The van der Waals surface area contributed by atoms with E-state index >= 15 is 0 Å². The van der Waals surface area contributed by atoms with Crippen LogP contribution in [0.15, 0.2) is 35.3 Å². The second-order valence-corrected chi connectivity index (χ2v) is 5.65. The van der Waals surface area contributed by atoms with Crippen LogP contribution in [0, 0.1) is 5.92 Å². The third kappa shape index (κ3) is 3.61. The molecule has 0 aliphatic carbocycles. The van der Waals surface area contributed by atoms with Gasteiger partial charge in [0.15, 0.2) is 0 Å². The molecule has 2 rings (SSSR count). The van der Waals surface area contributed by atoms with E-state index < -0.39 is 0 Å². The number of thiocarbonyl (C=S) groups is 1. The largest absolute Gasteiger partial charge is 0.494 e. The molecule has 5 heteroatoms. The SMILES string of the molecule is CCCOc1ccc2c(=O)n(CC(C)C(N)=S)ccc2c1. The van der Waals surface area contributed by atoms with Gasteiger partial charge in [-0.3, -0.25) is 4.79 Å². The quantitative estimate of drug-likeness (QED) is 0.834. The fraction of sp³-hybridized carbons (Fsp3) is 0.375. The van der Waals surface area contributed by atoms with Crippen molar-refractivity contribution in [2.24, 2.45) is 11.7 Å². The van der Waals surface area contributed by atoms with Crippen molar-refractivity contribution in [2.45, 2.75) is 26.8 Å². The van der Waals surface area contributed by atoms with Crippen LogP contribution in [0.4, 0.5) is 0 Å². The number of rotatable bonds is 6. The first-order valence-corrected chi connectivity index (χ1v) is 7.49. The van der Waals surface area contributed by atoms with E-state index in [1.807, 2.05) is 31.2 Å². The zero-order valence-electron chi connectivity index (χ0n) is 12.3. The molecule has 0 aliphatic heterocycles. The first-order valence-electron chi connectivity index (χ1n) is 7.08. The van der Waals surface area contributed by atoms with Gasteiger partial charge in [0, 0.05) is 24.0 Å². The van der Waals surface area contributed by atoms with Crippen molar-refractivity contribution in [1.82, 2.24) is 4.57 Å². The molecule has 1 aromatic carbocycles. The Bertz CT molecular complexity index is 709. The van der Waals surface area contributed by atoms with Crippen LogP contribution in [0.25, 0.3) is 10.8 Å². The summed E-state index contributed by atoms with van der Waals surface area (Å²) in [6.07, 6.45) is 2.74. The first-order chi connectivity index (χ1) is 10.0. The average Bonchev–Trinajstić information content (AvgIpc) is 2.47. The van der Waals surface area contributed by atoms with Gasteiger partial charge in [-0.05, 0) is 36.1 Å². The molecule has 1 atom stereocenters. The van der Waals surface area contributed by atoms with Gasteiger partial charge in [0.05, 0.1) is 11.6 Å². The van der Waals surface area contributed by atoms with Crippen LogP contribution < -0.4 is 16.0 Å². The Morgan fingerprint density at radius 1 is 1.43 bits per heavy atom. The minimum Gasteiger partial charge on any atom is -0.494 e.